The Bertz CT molecular complexity index is 363. The average molecular weight is 369 g/mol. The summed E-state index contributed by atoms with van der Waals surface area (Å²) in [5.74, 6) is -0.250. The Balaban J connectivity index is 3.11. The molecular formula is C22H40O4. The predicted molar refractivity (Wildman–Crippen MR) is 107 cm³/mol. The van der Waals surface area contributed by atoms with E-state index in [4.69, 9.17) is 0 Å². The third-order valence-corrected chi connectivity index (χ3v) is 4.66. The van der Waals surface area contributed by atoms with Gasteiger partial charge >= 0.3 is 11.9 Å². The summed E-state index contributed by atoms with van der Waals surface area (Å²) in [5.41, 5.74) is 0. The number of allylic oxidation sites excluding steroid dienone is 1. The highest BCUT2D eigenvalue weighted by Crippen LogP contribution is 2.13. The monoisotopic (exact) mass is 368 g/mol. The van der Waals surface area contributed by atoms with E-state index < -0.39 is 0 Å². The fraction of sp³-hybridized carbons (Fsp3) is 0.818. The van der Waals surface area contributed by atoms with Crippen LogP contribution in [-0.2, 0) is 19.1 Å². The lowest BCUT2D eigenvalue weighted by Crippen LogP contribution is -1.99. The molecule has 4 nitrogen and oxygen atoms in total. The van der Waals surface area contributed by atoms with Crippen LogP contribution in [0.2, 0.25) is 0 Å². The van der Waals surface area contributed by atoms with Gasteiger partial charge in [-0.1, -0.05) is 82.8 Å². The second kappa shape index (κ2) is 20.0. The first-order chi connectivity index (χ1) is 12.7. The molecule has 26 heavy (non-hydrogen) atoms. The van der Waals surface area contributed by atoms with E-state index in [2.05, 4.69) is 15.5 Å². The third kappa shape index (κ3) is 19.0. The van der Waals surface area contributed by atoms with Crippen molar-refractivity contribution in [3.05, 3.63) is 12.2 Å². The van der Waals surface area contributed by atoms with Gasteiger partial charge in [-0.15, -0.1) is 0 Å². The molecule has 0 rings (SSSR count). The molecule has 0 aliphatic carbocycles. The predicted octanol–water partition coefficient (Wildman–Crippen LogP) is 6.13. The molecule has 0 aromatic rings. The number of esters is 2. The van der Waals surface area contributed by atoms with Crippen molar-refractivity contribution < 1.29 is 19.1 Å². The van der Waals surface area contributed by atoms with Crippen molar-refractivity contribution in [1.82, 2.24) is 0 Å². The van der Waals surface area contributed by atoms with Crippen LogP contribution in [0.3, 0.4) is 0 Å². The molecule has 4 heteroatoms. The number of unbranched alkanes of at least 4 members (excludes halogenated alkanes) is 13. The van der Waals surface area contributed by atoms with Gasteiger partial charge in [0.1, 0.15) is 0 Å². The summed E-state index contributed by atoms with van der Waals surface area (Å²) < 4.78 is 9.22. The number of ether oxygens (including phenoxy) is 2. The summed E-state index contributed by atoms with van der Waals surface area (Å²) >= 11 is 0. The molecule has 0 aromatic heterocycles. The highest BCUT2D eigenvalue weighted by Gasteiger charge is 1.99. The molecule has 0 aromatic carbocycles. The van der Waals surface area contributed by atoms with Crippen molar-refractivity contribution >= 4 is 11.9 Å². The zero-order valence-corrected chi connectivity index (χ0v) is 17.1. The van der Waals surface area contributed by atoms with Crippen LogP contribution in [0.5, 0.6) is 0 Å². The summed E-state index contributed by atoms with van der Waals surface area (Å²) in [5, 5.41) is 0. The first-order valence-electron chi connectivity index (χ1n) is 10.5. The van der Waals surface area contributed by atoms with Crippen molar-refractivity contribution in [2.75, 3.05) is 14.2 Å². The van der Waals surface area contributed by atoms with Crippen LogP contribution in [0.1, 0.15) is 103 Å². The molecule has 0 N–H and O–H groups in total. The van der Waals surface area contributed by atoms with Gasteiger partial charge in [-0.05, 0) is 19.3 Å². The van der Waals surface area contributed by atoms with Crippen LogP contribution in [-0.4, -0.2) is 26.2 Å². The molecule has 0 fully saturated rings. The van der Waals surface area contributed by atoms with E-state index in [0.29, 0.717) is 12.8 Å². The van der Waals surface area contributed by atoms with Gasteiger partial charge in [-0.2, -0.15) is 0 Å². The van der Waals surface area contributed by atoms with Gasteiger partial charge in [0.25, 0.3) is 0 Å². The largest absolute Gasteiger partial charge is 0.469 e. The summed E-state index contributed by atoms with van der Waals surface area (Å²) in [4.78, 5) is 21.9. The van der Waals surface area contributed by atoms with E-state index in [9.17, 15) is 9.59 Å². The van der Waals surface area contributed by atoms with E-state index in [1.54, 1.807) is 0 Å². The first kappa shape index (κ1) is 24.7. The van der Waals surface area contributed by atoms with E-state index >= 15 is 0 Å². The van der Waals surface area contributed by atoms with Gasteiger partial charge in [0.2, 0.25) is 0 Å². The van der Waals surface area contributed by atoms with Crippen LogP contribution < -0.4 is 0 Å². The lowest BCUT2D eigenvalue weighted by Gasteiger charge is -2.03. The first-order valence-corrected chi connectivity index (χ1v) is 10.5. The Morgan fingerprint density at radius 1 is 0.577 bits per heavy atom. The third-order valence-electron chi connectivity index (χ3n) is 4.66. The van der Waals surface area contributed by atoms with Gasteiger partial charge in [-0.3, -0.25) is 9.59 Å². The second-order valence-corrected chi connectivity index (χ2v) is 6.96. The molecule has 0 spiro atoms. The fourth-order valence-electron chi connectivity index (χ4n) is 2.96. The second-order valence-electron chi connectivity index (χ2n) is 6.96. The van der Waals surface area contributed by atoms with Crippen molar-refractivity contribution in [2.45, 2.75) is 103 Å². The van der Waals surface area contributed by atoms with Crippen molar-refractivity contribution in [3.8, 4) is 0 Å². The molecule has 0 bridgehead atoms. The van der Waals surface area contributed by atoms with E-state index in [1.807, 2.05) is 6.08 Å². The molecular weight excluding hydrogens is 328 g/mol. The molecule has 0 aliphatic heterocycles. The Kier molecular flexibility index (Phi) is 19.0. The topological polar surface area (TPSA) is 52.6 Å². The fourth-order valence-corrected chi connectivity index (χ4v) is 2.96. The number of hydrogen-bond donors (Lipinski definition) is 0. The SMILES string of the molecule is COC(=O)C/C=C/CCCCCCCCCCCCCCCC(=O)OC. The molecule has 0 amide bonds. The maximum Gasteiger partial charge on any atom is 0.309 e. The van der Waals surface area contributed by atoms with Crippen LogP contribution in [0, 0.1) is 0 Å². The molecule has 0 radical (unpaired) electrons. The molecule has 0 saturated carbocycles. The molecule has 0 heterocycles. The van der Waals surface area contributed by atoms with Crippen molar-refractivity contribution in [2.24, 2.45) is 0 Å². The lowest BCUT2D eigenvalue weighted by molar-refractivity contribution is -0.141. The Morgan fingerprint density at radius 2 is 1.00 bits per heavy atom. The minimum absolute atomic E-state index is 0.0833. The van der Waals surface area contributed by atoms with Crippen molar-refractivity contribution in [1.29, 1.82) is 0 Å². The maximum atomic E-state index is 11.0. The maximum absolute atomic E-state index is 11.0. The van der Waals surface area contributed by atoms with Gasteiger partial charge in [-0.25, -0.2) is 0 Å². The summed E-state index contributed by atoms with van der Waals surface area (Å²) in [6.45, 7) is 0. The van der Waals surface area contributed by atoms with E-state index in [-0.39, 0.29) is 11.9 Å². The van der Waals surface area contributed by atoms with Crippen LogP contribution in [0.15, 0.2) is 12.2 Å². The quantitative estimate of drug-likeness (QED) is 0.166. The summed E-state index contributed by atoms with van der Waals surface area (Å²) in [6.07, 6.45) is 22.6. The average Bonchev–Trinajstić information content (AvgIpc) is 2.66. The Hall–Kier alpha value is -1.32. The standard InChI is InChI=1S/C22H40O4/c1-25-21(23)19-17-15-13-11-9-7-5-3-4-6-8-10-12-14-16-18-20-22(24)26-2/h15,17H,3-14,16,18-20H2,1-2H3/b17-15+. The molecule has 0 saturated heterocycles. The van der Waals surface area contributed by atoms with Gasteiger partial charge in [0.05, 0.1) is 20.6 Å². The molecule has 152 valence electrons. The Morgan fingerprint density at radius 3 is 1.46 bits per heavy atom. The Labute approximate surface area is 160 Å². The van der Waals surface area contributed by atoms with Gasteiger partial charge < -0.3 is 9.47 Å². The van der Waals surface area contributed by atoms with Crippen LogP contribution in [0.25, 0.3) is 0 Å². The minimum atomic E-state index is -0.167. The normalized spacial score (nSPS) is 11.0. The number of carbonyl (C=O) groups excluding carboxylic acids is 2. The highest BCUT2D eigenvalue weighted by molar-refractivity contribution is 5.70. The molecule has 0 atom stereocenters. The van der Waals surface area contributed by atoms with Crippen molar-refractivity contribution in [3.63, 3.8) is 0 Å². The number of rotatable bonds is 18. The molecule has 0 unspecified atom stereocenters. The van der Waals surface area contributed by atoms with Gasteiger partial charge in [0, 0.05) is 6.42 Å². The van der Waals surface area contributed by atoms with Crippen LogP contribution >= 0.6 is 0 Å². The lowest BCUT2D eigenvalue weighted by atomic mass is 10.0. The number of carbonyl (C=O) groups is 2. The van der Waals surface area contributed by atoms with E-state index in [1.165, 1.54) is 84.8 Å². The highest BCUT2D eigenvalue weighted by atomic mass is 16.5. The zero-order chi connectivity index (χ0) is 19.3. The summed E-state index contributed by atoms with van der Waals surface area (Å²) in [6, 6.07) is 0. The van der Waals surface area contributed by atoms with Gasteiger partial charge in [0.15, 0.2) is 0 Å². The smallest absolute Gasteiger partial charge is 0.309 e. The summed E-state index contributed by atoms with van der Waals surface area (Å²) in [7, 11) is 2.88. The minimum Gasteiger partial charge on any atom is -0.469 e. The number of methoxy groups -OCH3 is 2. The van der Waals surface area contributed by atoms with Crippen LogP contribution in [0.4, 0.5) is 0 Å². The van der Waals surface area contributed by atoms with E-state index in [0.717, 1.165) is 19.3 Å². The number of hydrogen-bond acceptors (Lipinski definition) is 4. The molecule has 0 aliphatic rings. The zero-order valence-electron chi connectivity index (χ0n) is 17.1.